The number of aliphatic hydroxyl groups excluding tert-OH is 7. The van der Waals surface area contributed by atoms with Gasteiger partial charge in [0.1, 0.15) is 24.4 Å². The Kier molecular flexibility index (Phi) is 14.3. The first-order valence-corrected chi connectivity index (χ1v) is 23.5. The Morgan fingerprint density at radius 3 is 2.26 bits per heavy atom. The molecule has 0 spiro atoms. The largest absolute Gasteiger partial charge is 0.394 e. The summed E-state index contributed by atoms with van der Waals surface area (Å²) in [6, 6.07) is 0. The number of rotatable bonds is 13. The van der Waals surface area contributed by atoms with Crippen molar-refractivity contribution in [3.05, 3.63) is 11.6 Å². The zero-order valence-electron chi connectivity index (χ0n) is 38.0. The SMILES string of the molecule is C[C@H](CC[C@@H](O[C@@H]1O[C@H](CO[C@@H]2OC[C@@H](O)C[C@H]2O)C[C@H](O)[C@H]1O[C@H]1C[C@@H](O)[C@H](O)[C@@H](CO)O1)C(C)(C)O)C1CC[C@@]2(C)C3CC=C4C(CC[C@H](O)C4(C)C)[C@]3(C)CC[C@]12C. The summed E-state index contributed by atoms with van der Waals surface area (Å²) in [5, 5.41) is 85.3. The van der Waals surface area contributed by atoms with Crippen LogP contribution in [-0.4, -0.2) is 146 Å². The Bertz CT molecular complexity index is 1520. The van der Waals surface area contributed by atoms with Gasteiger partial charge in [-0.2, -0.15) is 0 Å². The molecule has 0 bridgehead atoms. The lowest BCUT2D eigenvalue weighted by Crippen LogP contribution is -2.59. The minimum atomic E-state index is -1.32. The summed E-state index contributed by atoms with van der Waals surface area (Å²) in [5.41, 5.74) is 0.473. The minimum Gasteiger partial charge on any atom is -0.394 e. The van der Waals surface area contributed by atoms with E-state index >= 15 is 0 Å². The van der Waals surface area contributed by atoms with Gasteiger partial charge in [0.15, 0.2) is 18.9 Å². The zero-order valence-corrected chi connectivity index (χ0v) is 38.0. The van der Waals surface area contributed by atoms with Crippen molar-refractivity contribution in [2.24, 2.45) is 45.3 Å². The average molecular weight is 869 g/mol. The molecule has 4 aliphatic carbocycles. The first-order chi connectivity index (χ1) is 28.5. The van der Waals surface area contributed by atoms with Crippen LogP contribution < -0.4 is 0 Å². The van der Waals surface area contributed by atoms with Crippen LogP contribution in [0.2, 0.25) is 0 Å². The van der Waals surface area contributed by atoms with Crippen molar-refractivity contribution >= 4 is 0 Å². The molecular weight excluding hydrogens is 789 g/mol. The summed E-state index contributed by atoms with van der Waals surface area (Å²) in [5.74, 6) is 1.88. The standard InChI is InChI=1S/C47H80O14/c1-25(28-15-16-47(8)35-12-10-29-30(11-13-36(53)43(29,2)3)45(35,6)17-18-46(28,47)7)9-14-37(44(4,5)55)60-42-40(61-38-21-31(50)39(54)34(22-48)59-38)32(51)20-27(58-42)24-57-41-33(52)19-26(49)23-56-41/h10,25-28,30-42,48-55H,9,11-24H2,1-8H3/t25-,26+,27+,28?,30?,31-,32+,33-,34-,35?,36+,37-,38+,39+,40-,41+,42+,45+,46-,47+/m1/s1. The number of hydrogen-bond donors (Lipinski definition) is 8. The van der Waals surface area contributed by atoms with Gasteiger partial charge in [0.05, 0.1) is 62.0 Å². The van der Waals surface area contributed by atoms with Gasteiger partial charge < -0.3 is 69.3 Å². The Morgan fingerprint density at radius 1 is 0.836 bits per heavy atom. The normalized spacial score (nSPS) is 48.7. The summed E-state index contributed by atoms with van der Waals surface area (Å²) in [7, 11) is 0. The number of fused-ring (bicyclic) bond motifs is 5. The average Bonchev–Trinajstić information content (AvgIpc) is 3.46. The van der Waals surface area contributed by atoms with E-state index in [1.165, 1.54) is 18.4 Å². The van der Waals surface area contributed by atoms with Crippen molar-refractivity contribution in [1.82, 2.24) is 0 Å². The van der Waals surface area contributed by atoms with Gasteiger partial charge in [0.25, 0.3) is 0 Å². The second-order valence-electron chi connectivity index (χ2n) is 22.2. The van der Waals surface area contributed by atoms with Crippen molar-refractivity contribution in [3.8, 4) is 0 Å². The molecule has 14 heteroatoms. The van der Waals surface area contributed by atoms with Crippen molar-refractivity contribution in [1.29, 1.82) is 0 Å². The predicted molar refractivity (Wildman–Crippen MR) is 223 cm³/mol. The maximum Gasteiger partial charge on any atom is 0.187 e. The first-order valence-electron chi connectivity index (χ1n) is 23.5. The van der Waals surface area contributed by atoms with Crippen molar-refractivity contribution in [2.75, 3.05) is 19.8 Å². The molecule has 14 nitrogen and oxygen atoms in total. The van der Waals surface area contributed by atoms with Crippen LogP contribution in [0.5, 0.6) is 0 Å². The van der Waals surface area contributed by atoms with Gasteiger partial charge in [-0.05, 0) is 112 Å². The summed E-state index contributed by atoms with van der Waals surface area (Å²) >= 11 is 0. The Hall–Kier alpha value is -0.820. The second kappa shape index (κ2) is 18.1. The number of ether oxygens (including phenoxy) is 6. The number of hydrogen-bond acceptors (Lipinski definition) is 14. The molecule has 3 heterocycles. The fourth-order valence-electron chi connectivity index (χ4n) is 13.7. The third-order valence-corrected chi connectivity index (χ3v) is 17.8. The van der Waals surface area contributed by atoms with Gasteiger partial charge in [-0.15, -0.1) is 0 Å². The van der Waals surface area contributed by atoms with E-state index in [1.807, 2.05) is 0 Å². The highest BCUT2D eigenvalue weighted by Gasteiger charge is 2.67. The topological polar surface area (TPSA) is 217 Å². The summed E-state index contributed by atoms with van der Waals surface area (Å²) in [6.45, 7) is 17.3. The van der Waals surface area contributed by atoms with Crippen molar-refractivity contribution in [2.45, 2.75) is 218 Å². The molecule has 0 amide bonds. The molecule has 61 heavy (non-hydrogen) atoms. The summed E-state index contributed by atoms with van der Waals surface area (Å²) in [4.78, 5) is 0. The van der Waals surface area contributed by atoms with Crippen LogP contribution in [-0.2, 0) is 28.4 Å². The number of allylic oxidation sites excluding steroid dienone is 1. The molecule has 8 N–H and O–H groups in total. The van der Waals surface area contributed by atoms with Crippen molar-refractivity contribution < 1.29 is 69.3 Å². The third-order valence-electron chi connectivity index (χ3n) is 17.8. The molecule has 0 radical (unpaired) electrons. The van der Waals surface area contributed by atoms with Gasteiger partial charge in [0.2, 0.25) is 0 Å². The smallest absolute Gasteiger partial charge is 0.187 e. The van der Waals surface area contributed by atoms with Gasteiger partial charge in [-0.25, -0.2) is 0 Å². The molecule has 352 valence electrons. The van der Waals surface area contributed by atoms with Crippen LogP contribution in [0, 0.1) is 45.3 Å². The molecular formula is C47H80O14. The van der Waals surface area contributed by atoms with E-state index in [9.17, 15) is 40.9 Å². The molecule has 6 fully saturated rings. The summed E-state index contributed by atoms with van der Waals surface area (Å²) < 4.78 is 36.5. The van der Waals surface area contributed by atoms with Gasteiger partial charge >= 0.3 is 0 Å². The molecule has 3 saturated heterocycles. The Labute approximate surface area is 363 Å². The molecule has 3 aliphatic heterocycles. The lowest BCUT2D eigenvalue weighted by atomic mass is 9.39. The van der Waals surface area contributed by atoms with Gasteiger partial charge in [-0.3, -0.25) is 0 Å². The predicted octanol–water partition coefficient (Wildman–Crippen LogP) is 3.70. The highest BCUT2D eigenvalue weighted by Crippen LogP contribution is 2.75. The van der Waals surface area contributed by atoms with E-state index < -0.39 is 86.0 Å². The molecule has 7 rings (SSSR count). The van der Waals surface area contributed by atoms with Crippen LogP contribution in [0.1, 0.15) is 132 Å². The maximum absolute atomic E-state index is 11.7. The van der Waals surface area contributed by atoms with Crippen LogP contribution in [0.25, 0.3) is 0 Å². The van der Waals surface area contributed by atoms with Crippen LogP contribution in [0.15, 0.2) is 11.6 Å². The molecule has 3 unspecified atom stereocenters. The molecule has 7 aliphatic rings. The lowest BCUT2D eigenvalue weighted by Gasteiger charge is -2.66. The first kappa shape index (κ1) is 48.1. The minimum absolute atomic E-state index is 0.0160. The lowest BCUT2D eigenvalue weighted by molar-refractivity contribution is -0.351. The van der Waals surface area contributed by atoms with Crippen LogP contribution in [0.4, 0.5) is 0 Å². The fourth-order valence-corrected chi connectivity index (χ4v) is 13.7. The third kappa shape index (κ3) is 9.05. The van der Waals surface area contributed by atoms with E-state index in [2.05, 4.69) is 47.6 Å². The molecule has 20 atom stereocenters. The highest BCUT2D eigenvalue weighted by atomic mass is 16.8. The molecule has 0 aromatic carbocycles. The van der Waals surface area contributed by atoms with E-state index in [4.69, 9.17) is 28.4 Å². The second-order valence-corrected chi connectivity index (χ2v) is 22.2. The van der Waals surface area contributed by atoms with Gasteiger partial charge in [-0.1, -0.05) is 53.2 Å². The molecule has 3 saturated carbocycles. The van der Waals surface area contributed by atoms with Gasteiger partial charge in [0, 0.05) is 24.7 Å². The fraction of sp³-hybridized carbons (Fsp3) is 0.957. The summed E-state index contributed by atoms with van der Waals surface area (Å²) in [6.07, 6.45) is -1.36. The Morgan fingerprint density at radius 2 is 1.57 bits per heavy atom. The maximum atomic E-state index is 11.7. The quantitative estimate of drug-likeness (QED) is 0.124. The van der Waals surface area contributed by atoms with Crippen LogP contribution >= 0.6 is 0 Å². The van der Waals surface area contributed by atoms with E-state index in [-0.39, 0.29) is 60.2 Å². The Balaban J connectivity index is 1.05. The zero-order chi connectivity index (χ0) is 44.4. The van der Waals surface area contributed by atoms with E-state index in [1.54, 1.807) is 13.8 Å². The molecule has 0 aromatic heterocycles. The number of aliphatic hydroxyl groups is 8. The van der Waals surface area contributed by atoms with Crippen molar-refractivity contribution in [3.63, 3.8) is 0 Å². The monoisotopic (exact) mass is 869 g/mol. The van der Waals surface area contributed by atoms with E-state index in [0.29, 0.717) is 30.1 Å². The molecule has 0 aromatic rings. The van der Waals surface area contributed by atoms with Crippen LogP contribution in [0.3, 0.4) is 0 Å². The van der Waals surface area contributed by atoms with E-state index in [0.717, 1.165) is 38.5 Å². The highest BCUT2D eigenvalue weighted by molar-refractivity contribution is 5.30.